The van der Waals surface area contributed by atoms with Crippen molar-refractivity contribution in [1.29, 1.82) is 0 Å². The van der Waals surface area contributed by atoms with Crippen LogP contribution in [0.4, 0.5) is 4.79 Å². The summed E-state index contributed by atoms with van der Waals surface area (Å²) in [5.41, 5.74) is 0. The molecule has 70 valence electrons. The van der Waals surface area contributed by atoms with E-state index in [-0.39, 0.29) is 0 Å². The van der Waals surface area contributed by atoms with Crippen molar-refractivity contribution in [3.63, 3.8) is 0 Å². The average molecular weight is 185 g/mol. The van der Waals surface area contributed by atoms with Gasteiger partial charge >= 0.3 is 12.1 Å². The molecule has 0 heterocycles. The second-order valence-electron chi connectivity index (χ2n) is 2.05. The first kappa shape index (κ1) is 11.0. The molecule has 13 heavy (non-hydrogen) atoms. The number of carbonyl (C=O) groups is 3. The summed E-state index contributed by atoms with van der Waals surface area (Å²) in [6.07, 6.45) is -1.51. The molecule has 0 rings (SSSR count). The Morgan fingerprint density at radius 3 is 2.15 bits per heavy atom. The topological polar surface area (TPSA) is 104 Å². The van der Waals surface area contributed by atoms with Crippen LogP contribution in [0.15, 0.2) is 0 Å². The molecule has 0 fully saturated rings. The lowest BCUT2D eigenvalue weighted by Gasteiger charge is -2.02. The van der Waals surface area contributed by atoms with E-state index in [0.29, 0.717) is 0 Å². The van der Waals surface area contributed by atoms with Gasteiger partial charge in [-0.25, -0.2) is 9.59 Å². The van der Waals surface area contributed by atoms with Crippen LogP contribution in [0.3, 0.4) is 0 Å². The second kappa shape index (κ2) is 4.77. The Labute approximate surface area is 73.6 Å². The van der Waals surface area contributed by atoms with Crippen molar-refractivity contribution < 1.29 is 24.6 Å². The fourth-order valence-corrected chi connectivity index (χ4v) is 0.457. The molecule has 0 saturated heterocycles. The highest BCUT2D eigenvalue weighted by molar-refractivity contribution is 5.95. The lowest BCUT2D eigenvalue weighted by atomic mass is 10.3. The molecule has 0 spiro atoms. The number of hydrogen-bond acceptors (Lipinski definition) is 3. The Kier molecular flexibility index (Phi) is 4.02. The Morgan fingerprint density at radius 1 is 1.31 bits per heavy atom. The van der Waals surface area contributed by atoms with Crippen molar-refractivity contribution in [3.05, 3.63) is 0 Å². The molecule has 3 N–H and O–H groups in total. The van der Waals surface area contributed by atoms with Crippen LogP contribution in [0.1, 0.15) is 6.92 Å². The van der Waals surface area contributed by atoms with Gasteiger partial charge in [-0.1, -0.05) is 5.92 Å². The Morgan fingerprint density at radius 2 is 1.85 bits per heavy atom. The molecule has 1 atom stereocenters. The van der Waals surface area contributed by atoms with E-state index in [0.717, 1.165) is 6.92 Å². The lowest BCUT2D eigenvalue weighted by Crippen LogP contribution is -2.38. The fourth-order valence-electron chi connectivity index (χ4n) is 0.457. The monoisotopic (exact) mass is 185 g/mol. The minimum absolute atomic E-state index is 0.529. The third-order valence-corrected chi connectivity index (χ3v) is 0.907. The first-order chi connectivity index (χ1) is 5.93. The first-order valence-electron chi connectivity index (χ1n) is 3.18. The number of ketones is 1. The summed E-state index contributed by atoms with van der Waals surface area (Å²) in [7, 11) is 0. The maximum Gasteiger partial charge on any atom is 0.406 e. The van der Waals surface area contributed by atoms with Gasteiger partial charge in [0.05, 0.1) is 0 Å². The molecular formula is C7H7NO5. The molecule has 0 aromatic rings. The number of aliphatic carboxylic acids is 1. The van der Waals surface area contributed by atoms with Gasteiger partial charge in [-0.3, -0.25) is 10.1 Å². The van der Waals surface area contributed by atoms with Crippen LogP contribution in [-0.4, -0.2) is 34.1 Å². The fraction of sp³-hybridized carbons (Fsp3) is 0.286. The predicted molar refractivity (Wildman–Crippen MR) is 41.0 cm³/mol. The van der Waals surface area contributed by atoms with E-state index in [2.05, 4.69) is 0 Å². The van der Waals surface area contributed by atoms with E-state index in [4.69, 9.17) is 10.2 Å². The zero-order valence-corrected chi connectivity index (χ0v) is 6.70. The zero-order valence-electron chi connectivity index (χ0n) is 6.70. The van der Waals surface area contributed by atoms with Crippen molar-refractivity contribution in [2.24, 2.45) is 0 Å². The van der Waals surface area contributed by atoms with Gasteiger partial charge in [0.25, 0.3) is 0 Å². The molecule has 0 bridgehead atoms. The van der Waals surface area contributed by atoms with Gasteiger partial charge in [-0.15, -0.1) is 0 Å². The number of carbonyl (C=O) groups excluding carboxylic acids is 1. The van der Waals surface area contributed by atoms with Crippen molar-refractivity contribution >= 4 is 17.8 Å². The SMILES string of the molecule is CC(=O)C#CC(NC(=O)O)C(=O)O. The molecule has 0 radical (unpaired) electrons. The Balaban J connectivity index is 4.47. The van der Waals surface area contributed by atoms with Crippen LogP contribution in [0.25, 0.3) is 0 Å². The summed E-state index contributed by atoms with van der Waals surface area (Å²) in [6, 6.07) is -1.57. The van der Waals surface area contributed by atoms with E-state index >= 15 is 0 Å². The maximum absolute atomic E-state index is 10.3. The zero-order chi connectivity index (χ0) is 10.4. The minimum Gasteiger partial charge on any atom is -0.479 e. The summed E-state index contributed by atoms with van der Waals surface area (Å²) in [5.74, 6) is 1.92. The van der Waals surface area contributed by atoms with Crippen LogP contribution < -0.4 is 5.32 Å². The lowest BCUT2D eigenvalue weighted by molar-refractivity contribution is -0.137. The van der Waals surface area contributed by atoms with Gasteiger partial charge in [0, 0.05) is 6.92 Å². The molecule has 0 aliphatic rings. The highest BCUT2D eigenvalue weighted by atomic mass is 16.4. The third kappa shape index (κ3) is 5.26. The summed E-state index contributed by atoms with van der Waals surface area (Å²) in [5, 5.41) is 18.2. The molecule has 1 unspecified atom stereocenters. The average Bonchev–Trinajstić information content (AvgIpc) is 1.96. The van der Waals surface area contributed by atoms with Gasteiger partial charge in [0.2, 0.25) is 5.78 Å². The largest absolute Gasteiger partial charge is 0.479 e. The van der Waals surface area contributed by atoms with E-state index in [1.54, 1.807) is 5.32 Å². The molecule has 0 saturated carbocycles. The van der Waals surface area contributed by atoms with Crippen LogP contribution in [0.5, 0.6) is 0 Å². The number of nitrogens with one attached hydrogen (secondary N) is 1. The normalized spacial score (nSPS) is 10.5. The molecule has 0 aliphatic heterocycles. The molecule has 0 aromatic carbocycles. The highest BCUT2D eigenvalue weighted by Crippen LogP contribution is 1.81. The minimum atomic E-state index is -1.57. The van der Waals surface area contributed by atoms with Gasteiger partial charge in [-0.2, -0.15) is 0 Å². The van der Waals surface area contributed by atoms with Crippen molar-refractivity contribution in [2.45, 2.75) is 13.0 Å². The molecule has 6 nitrogen and oxygen atoms in total. The van der Waals surface area contributed by atoms with E-state index in [9.17, 15) is 14.4 Å². The number of amides is 1. The summed E-state index contributed by atoms with van der Waals surface area (Å²) in [6.45, 7) is 1.15. The smallest absolute Gasteiger partial charge is 0.406 e. The van der Waals surface area contributed by atoms with Crippen LogP contribution >= 0.6 is 0 Å². The van der Waals surface area contributed by atoms with E-state index in [1.807, 2.05) is 11.8 Å². The van der Waals surface area contributed by atoms with Crippen molar-refractivity contribution in [2.75, 3.05) is 0 Å². The van der Waals surface area contributed by atoms with Crippen LogP contribution in [-0.2, 0) is 9.59 Å². The Bertz CT molecular complexity index is 298. The molecule has 0 aromatic heterocycles. The third-order valence-electron chi connectivity index (χ3n) is 0.907. The van der Waals surface area contributed by atoms with Gasteiger partial charge in [0.15, 0.2) is 6.04 Å². The second-order valence-corrected chi connectivity index (χ2v) is 2.05. The number of rotatable bonds is 2. The number of Topliss-reactive ketones (excluding diaryl/α,β-unsaturated/α-hetero) is 1. The predicted octanol–water partition coefficient (Wildman–Crippen LogP) is -0.700. The van der Waals surface area contributed by atoms with Crippen molar-refractivity contribution in [3.8, 4) is 11.8 Å². The summed E-state index contributed by atoms with van der Waals surface area (Å²) in [4.78, 5) is 30.7. The molecule has 0 aliphatic carbocycles. The quantitative estimate of drug-likeness (QED) is 0.389. The molecule has 6 heteroatoms. The van der Waals surface area contributed by atoms with E-state index < -0.39 is 23.9 Å². The van der Waals surface area contributed by atoms with Gasteiger partial charge in [-0.05, 0) is 5.92 Å². The first-order valence-corrected chi connectivity index (χ1v) is 3.18. The molecular weight excluding hydrogens is 178 g/mol. The summed E-state index contributed by atoms with van der Waals surface area (Å²) < 4.78 is 0. The standard InChI is InChI=1S/C7H7NO5/c1-4(9)2-3-5(6(10)11)8-7(12)13/h5,8H,1H3,(H,10,11)(H,12,13). The van der Waals surface area contributed by atoms with Crippen molar-refractivity contribution in [1.82, 2.24) is 5.32 Å². The van der Waals surface area contributed by atoms with Gasteiger partial charge in [0.1, 0.15) is 0 Å². The summed E-state index contributed by atoms with van der Waals surface area (Å²) >= 11 is 0. The van der Waals surface area contributed by atoms with E-state index in [1.165, 1.54) is 0 Å². The van der Waals surface area contributed by atoms with Gasteiger partial charge < -0.3 is 10.2 Å². The highest BCUT2D eigenvalue weighted by Gasteiger charge is 2.16. The molecule has 1 amide bonds. The van der Waals surface area contributed by atoms with Crippen LogP contribution in [0.2, 0.25) is 0 Å². The number of carboxylic acids is 1. The van der Waals surface area contributed by atoms with Crippen LogP contribution in [0, 0.1) is 11.8 Å². The Hall–Kier alpha value is -2.03. The maximum atomic E-state index is 10.3. The number of hydrogen-bond donors (Lipinski definition) is 3. The number of carboxylic acid groups (broad SMARTS) is 2.